The van der Waals surface area contributed by atoms with Gasteiger partial charge in [0.05, 0.1) is 26.8 Å². The van der Waals surface area contributed by atoms with E-state index >= 15 is 0 Å². The van der Waals surface area contributed by atoms with E-state index in [-0.39, 0.29) is 17.8 Å². The molecule has 3 aromatic rings. The molecule has 1 fully saturated rings. The molecule has 0 bridgehead atoms. The number of rotatable bonds is 4. The second kappa shape index (κ2) is 8.50. The van der Waals surface area contributed by atoms with Gasteiger partial charge in [0, 0.05) is 36.8 Å². The Balaban J connectivity index is 1.33. The summed E-state index contributed by atoms with van der Waals surface area (Å²) in [5, 5.41) is 6.30. The molecule has 0 unspecified atom stereocenters. The van der Waals surface area contributed by atoms with Gasteiger partial charge in [0.15, 0.2) is 5.13 Å². The van der Waals surface area contributed by atoms with Crippen molar-refractivity contribution in [1.82, 2.24) is 19.9 Å². The fourth-order valence-electron chi connectivity index (χ4n) is 3.38. The standard InChI is InChI=1S/C19H19F3N6OS2/c1-10-15(31-11(2)25-10)14-9-30-18(26-14)27-16(29)12-3-5-28(6-4-12)17-23-7-13(8-24-17)19(20,21)22/h7-9,12H,3-6H2,1-2H3,(H,26,27,29). The Kier molecular flexibility index (Phi) is 5.93. The molecular weight excluding hydrogens is 449 g/mol. The quantitative estimate of drug-likeness (QED) is 0.605. The fourth-order valence-corrected chi connectivity index (χ4v) is 5.04. The number of anilines is 2. The van der Waals surface area contributed by atoms with Crippen molar-refractivity contribution < 1.29 is 18.0 Å². The number of carbonyl (C=O) groups is 1. The number of piperidine rings is 1. The smallest absolute Gasteiger partial charge is 0.341 e. The van der Waals surface area contributed by atoms with Gasteiger partial charge in [-0.1, -0.05) is 0 Å². The van der Waals surface area contributed by atoms with Crippen LogP contribution in [0.25, 0.3) is 10.6 Å². The summed E-state index contributed by atoms with van der Waals surface area (Å²) in [5.74, 6) is -0.0665. The number of thiazole rings is 2. The highest BCUT2D eigenvalue weighted by molar-refractivity contribution is 7.16. The molecule has 1 aliphatic rings. The molecule has 3 aromatic heterocycles. The molecule has 1 saturated heterocycles. The molecule has 1 N–H and O–H groups in total. The van der Waals surface area contributed by atoms with E-state index in [9.17, 15) is 18.0 Å². The molecule has 7 nitrogen and oxygen atoms in total. The van der Waals surface area contributed by atoms with Crippen LogP contribution in [0.3, 0.4) is 0 Å². The number of carbonyl (C=O) groups excluding carboxylic acids is 1. The topological polar surface area (TPSA) is 83.9 Å². The Morgan fingerprint density at radius 3 is 2.42 bits per heavy atom. The van der Waals surface area contributed by atoms with Crippen LogP contribution in [0.4, 0.5) is 24.3 Å². The summed E-state index contributed by atoms with van der Waals surface area (Å²) >= 11 is 2.94. The number of hydrogen-bond donors (Lipinski definition) is 1. The van der Waals surface area contributed by atoms with E-state index in [1.54, 1.807) is 16.2 Å². The third-order valence-electron chi connectivity index (χ3n) is 4.98. The lowest BCUT2D eigenvalue weighted by atomic mass is 9.96. The molecule has 164 valence electrons. The lowest BCUT2D eigenvalue weighted by Gasteiger charge is -2.31. The molecule has 31 heavy (non-hydrogen) atoms. The van der Waals surface area contributed by atoms with E-state index in [2.05, 4.69) is 25.3 Å². The molecule has 0 radical (unpaired) electrons. The summed E-state index contributed by atoms with van der Waals surface area (Å²) in [6.45, 7) is 4.86. The van der Waals surface area contributed by atoms with Crippen LogP contribution < -0.4 is 10.2 Å². The van der Waals surface area contributed by atoms with Gasteiger partial charge >= 0.3 is 6.18 Å². The summed E-state index contributed by atoms with van der Waals surface area (Å²) in [6, 6.07) is 0. The molecule has 0 saturated carbocycles. The van der Waals surface area contributed by atoms with Crippen molar-refractivity contribution >= 4 is 39.7 Å². The lowest BCUT2D eigenvalue weighted by molar-refractivity contribution is -0.138. The molecule has 0 atom stereocenters. The molecule has 4 rings (SSSR count). The molecule has 0 aromatic carbocycles. The number of amides is 1. The minimum absolute atomic E-state index is 0.105. The number of nitrogens with one attached hydrogen (secondary N) is 1. The number of alkyl halides is 3. The average Bonchev–Trinajstić information content (AvgIpc) is 3.33. The maximum absolute atomic E-state index is 12.7. The maximum atomic E-state index is 12.7. The Bertz CT molecular complexity index is 1070. The van der Waals surface area contributed by atoms with Crippen LogP contribution in [0, 0.1) is 19.8 Å². The Morgan fingerprint density at radius 2 is 1.84 bits per heavy atom. The predicted octanol–water partition coefficient (Wildman–Crippen LogP) is 4.55. The van der Waals surface area contributed by atoms with Crippen LogP contribution in [0.2, 0.25) is 0 Å². The van der Waals surface area contributed by atoms with Gasteiger partial charge < -0.3 is 10.2 Å². The first-order valence-electron chi connectivity index (χ1n) is 9.55. The van der Waals surface area contributed by atoms with Crippen molar-refractivity contribution in [3.05, 3.63) is 34.0 Å². The SMILES string of the molecule is Cc1nc(C)c(-c2csc(NC(=O)C3CCN(c4ncc(C(F)(F)F)cn4)CC3)n2)s1. The number of halogens is 3. The lowest BCUT2D eigenvalue weighted by Crippen LogP contribution is -2.39. The second-order valence-electron chi connectivity index (χ2n) is 7.21. The van der Waals surface area contributed by atoms with Gasteiger partial charge in [-0.2, -0.15) is 13.2 Å². The van der Waals surface area contributed by atoms with E-state index in [1.807, 2.05) is 19.2 Å². The molecule has 1 aliphatic heterocycles. The minimum Gasteiger partial charge on any atom is -0.341 e. The largest absolute Gasteiger partial charge is 0.419 e. The first-order valence-corrected chi connectivity index (χ1v) is 11.3. The number of nitrogens with zero attached hydrogens (tertiary/aromatic N) is 5. The van der Waals surface area contributed by atoms with Crippen molar-refractivity contribution in [3.63, 3.8) is 0 Å². The summed E-state index contributed by atoms with van der Waals surface area (Å²) < 4.78 is 38.0. The van der Waals surface area contributed by atoms with Crippen LogP contribution in [-0.2, 0) is 11.0 Å². The summed E-state index contributed by atoms with van der Waals surface area (Å²) in [4.78, 5) is 32.0. The highest BCUT2D eigenvalue weighted by atomic mass is 32.1. The summed E-state index contributed by atoms with van der Waals surface area (Å²) in [5.41, 5.74) is 0.846. The van der Waals surface area contributed by atoms with Crippen LogP contribution in [0.5, 0.6) is 0 Å². The van der Waals surface area contributed by atoms with Gasteiger partial charge in [-0.3, -0.25) is 4.79 Å². The number of hydrogen-bond acceptors (Lipinski definition) is 8. The zero-order chi connectivity index (χ0) is 22.2. The predicted molar refractivity (Wildman–Crippen MR) is 113 cm³/mol. The molecule has 1 amide bonds. The first kappa shape index (κ1) is 21.6. The molecule has 0 spiro atoms. The zero-order valence-corrected chi connectivity index (χ0v) is 18.4. The second-order valence-corrected chi connectivity index (χ2v) is 9.27. The van der Waals surface area contributed by atoms with Crippen molar-refractivity contribution in [2.45, 2.75) is 32.9 Å². The van der Waals surface area contributed by atoms with Gasteiger partial charge in [-0.15, -0.1) is 22.7 Å². The molecule has 4 heterocycles. The average molecular weight is 469 g/mol. The van der Waals surface area contributed by atoms with Gasteiger partial charge in [-0.05, 0) is 26.7 Å². The number of aromatic nitrogens is 4. The van der Waals surface area contributed by atoms with E-state index in [0.717, 1.165) is 33.7 Å². The fraction of sp³-hybridized carbons (Fsp3) is 0.421. The Morgan fingerprint density at radius 1 is 1.16 bits per heavy atom. The van der Waals surface area contributed by atoms with E-state index in [4.69, 9.17) is 0 Å². The van der Waals surface area contributed by atoms with Crippen molar-refractivity contribution in [3.8, 4) is 10.6 Å². The third-order valence-corrected chi connectivity index (χ3v) is 6.84. The monoisotopic (exact) mass is 468 g/mol. The molecule has 12 heteroatoms. The first-order chi connectivity index (χ1) is 14.7. The van der Waals surface area contributed by atoms with E-state index < -0.39 is 11.7 Å². The van der Waals surface area contributed by atoms with Crippen LogP contribution in [0.1, 0.15) is 29.1 Å². The summed E-state index contributed by atoms with van der Waals surface area (Å²) in [6.07, 6.45) is -1.78. The van der Waals surface area contributed by atoms with Crippen LogP contribution in [-0.4, -0.2) is 38.9 Å². The van der Waals surface area contributed by atoms with Gasteiger partial charge in [0.2, 0.25) is 11.9 Å². The van der Waals surface area contributed by atoms with Crippen molar-refractivity contribution in [2.24, 2.45) is 5.92 Å². The van der Waals surface area contributed by atoms with E-state index in [1.165, 1.54) is 11.3 Å². The molecular formula is C19H19F3N6OS2. The summed E-state index contributed by atoms with van der Waals surface area (Å²) in [7, 11) is 0. The van der Waals surface area contributed by atoms with Gasteiger partial charge in [0.1, 0.15) is 0 Å². The van der Waals surface area contributed by atoms with Crippen LogP contribution >= 0.6 is 22.7 Å². The van der Waals surface area contributed by atoms with Gasteiger partial charge in [-0.25, -0.2) is 19.9 Å². The van der Waals surface area contributed by atoms with Crippen LogP contribution in [0.15, 0.2) is 17.8 Å². The van der Waals surface area contributed by atoms with Crippen molar-refractivity contribution in [1.29, 1.82) is 0 Å². The number of aryl methyl sites for hydroxylation is 2. The minimum atomic E-state index is -4.46. The maximum Gasteiger partial charge on any atom is 0.419 e. The van der Waals surface area contributed by atoms with Gasteiger partial charge in [0.25, 0.3) is 0 Å². The van der Waals surface area contributed by atoms with E-state index in [0.29, 0.717) is 31.1 Å². The molecule has 0 aliphatic carbocycles. The third kappa shape index (κ3) is 4.85. The highest BCUT2D eigenvalue weighted by Gasteiger charge is 2.32. The Labute approximate surface area is 184 Å². The normalized spacial score (nSPS) is 15.3. The highest BCUT2D eigenvalue weighted by Crippen LogP contribution is 2.33. The van der Waals surface area contributed by atoms with Crippen molar-refractivity contribution in [2.75, 3.05) is 23.3 Å². The zero-order valence-electron chi connectivity index (χ0n) is 16.7. The Hall–Kier alpha value is -2.60.